The van der Waals surface area contributed by atoms with E-state index >= 15 is 0 Å². The van der Waals surface area contributed by atoms with E-state index in [1.54, 1.807) is 17.3 Å². The van der Waals surface area contributed by atoms with Crippen molar-refractivity contribution in [1.82, 2.24) is 19.4 Å². The fraction of sp³-hybridized carbons (Fsp3) is 0.357. The van der Waals surface area contributed by atoms with E-state index in [2.05, 4.69) is 35.5 Å². The highest BCUT2D eigenvalue weighted by atomic mass is 32.2. The Morgan fingerprint density at radius 1 is 1.25 bits per heavy atom. The monoisotopic (exact) mass is 518 g/mol. The van der Waals surface area contributed by atoms with E-state index in [1.165, 1.54) is 23.7 Å². The summed E-state index contributed by atoms with van der Waals surface area (Å²) in [4.78, 5) is 34.9. The Morgan fingerprint density at radius 2 is 2.11 bits per heavy atom. The number of carbonyl (C=O) groups excluding carboxylic acids is 2. The Balaban J connectivity index is 1.47. The van der Waals surface area contributed by atoms with Gasteiger partial charge in [0.1, 0.15) is 10.9 Å². The number of para-hydroxylation sites is 1. The molecule has 1 atom stereocenters. The number of fused-ring (bicyclic) bond motifs is 1. The Morgan fingerprint density at radius 3 is 2.86 bits per heavy atom. The summed E-state index contributed by atoms with van der Waals surface area (Å²) >= 11 is 6.87. The van der Waals surface area contributed by atoms with E-state index in [0.717, 1.165) is 47.8 Å². The van der Waals surface area contributed by atoms with Crippen molar-refractivity contribution in [2.45, 2.75) is 58.7 Å². The van der Waals surface area contributed by atoms with Crippen LogP contribution in [0.2, 0.25) is 0 Å². The van der Waals surface area contributed by atoms with Crippen LogP contribution in [0.5, 0.6) is 0 Å². The van der Waals surface area contributed by atoms with Gasteiger partial charge in [-0.1, -0.05) is 55.2 Å². The summed E-state index contributed by atoms with van der Waals surface area (Å²) in [5, 5.41) is 1.05. The molecule has 0 aliphatic carbocycles. The van der Waals surface area contributed by atoms with E-state index in [4.69, 9.17) is 12.2 Å². The topological polar surface area (TPSA) is 58.4 Å². The maximum atomic E-state index is 13.3. The van der Waals surface area contributed by atoms with Gasteiger partial charge >= 0.3 is 0 Å². The highest BCUT2D eigenvalue weighted by Gasteiger charge is 2.32. The van der Waals surface area contributed by atoms with Crippen LogP contribution >= 0.6 is 24.0 Å². The second-order valence-corrected chi connectivity index (χ2v) is 11.1. The number of thiocarbonyl (C=S) groups is 1. The average molecular weight is 519 g/mol. The standard InChI is InChI=1S/C28H30N4O2S2/c1-3-21-10-6-11-23-22(17-30(26(21)23)18-25(33)31-13-5-4-8-19(31)2)14-24-27(34)32(28(35)36-24)16-20-9-7-12-29-15-20/h6-7,9-12,14-15,17,19H,3-5,8,13,16,18H2,1-2H3/b24-14-/t19-/m1/s1. The molecule has 3 aromatic rings. The van der Waals surface area contributed by atoms with Crippen molar-refractivity contribution >= 4 is 57.1 Å². The third-order valence-corrected chi connectivity index (χ3v) is 8.42. The second kappa shape index (κ2) is 10.6. The van der Waals surface area contributed by atoms with Gasteiger partial charge in [-0.2, -0.15) is 0 Å². The zero-order valence-corrected chi connectivity index (χ0v) is 22.3. The Bertz CT molecular complexity index is 1350. The van der Waals surface area contributed by atoms with Crippen molar-refractivity contribution in [2.75, 3.05) is 6.54 Å². The van der Waals surface area contributed by atoms with Crippen LogP contribution in [0, 0.1) is 0 Å². The molecule has 1 aromatic carbocycles. The number of amides is 2. The zero-order chi connectivity index (χ0) is 25.2. The molecule has 2 saturated heterocycles. The summed E-state index contributed by atoms with van der Waals surface area (Å²) in [6.07, 6.45) is 11.6. The number of hydrogen-bond donors (Lipinski definition) is 0. The van der Waals surface area contributed by atoms with E-state index in [1.807, 2.05) is 35.4 Å². The molecule has 0 saturated carbocycles. The minimum absolute atomic E-state index is 0.0976. The van der Waals surface area contributed by atoms with Crippen LogP contribution in [0.3, 0.4) is 0 Å². The molecule has 2 aromatic heterocycles. The Hall–Kier alpha value is -2.97. The number of aryl methyl sites for hydroxylation is 1. The molecular weight excluding hydrogens is 488 g/mol. The first-order valence-electron chi connectivity index (χ1n) is 12.5. The van der Waals surface area contributed by atoms with Gasteiger partial charge in [-0.05, 0) is 55.9 Å². The summed E-state index contributed by atoms with van der Waals surface area (Å²) < 4.78 is 2.61. The lowest BCUT2D eigenvalue weighted by Gasteiger charge is -2.33. The van der Waals surface area contributed by atoms with Gasteiger partial charge < -0.3 is 9.47 Å². The van der Waals surface area contributed by atoms with Crippen LogP contribution in [-0.4, -0.2) is 48.1 Å². The van der Waals surface area contributed by atoms with E-state index in [0.29, 0.717) is 22.3 Å². The Labute approximate surface area is 221 Å². The number of pyridine rings is 1. The van der Waals surface area contributed by atoms with E-state index in [-0.39, 0.29) is 17.9 Å². The first-order chi connectivity index (χ1) is 17.5. The fourth-order valence-electron chi connectivity index (χ4n) is 5.15. The van der Waals surface area contributed by atoms with Crippen molar-refractivity contribution in [1.29, 1.82) is 0 Å². The normalized spacial score (nSPS) is 19.6. The summed E-state index contributed by atoms with van der Waals surface area (Å²) in [6, 6.07) is 10.3. The highest BCUT2D eigenvalue weighted by molar-refractivity contribution is 8.26. The molecule has 2 aliphatic rings. The SMILES string of the molecule is CCc1cccc2c(/C=C3\SC(=S)N(Cc4cccnc4)C3=O)cn(CC(=O)N3CCCC[C@H]3C)c12. The molecule has 0 N–H and O–H groups in total. The lowest BCUT2D eigenvalue weighted by Crippen LogP contribution is -2.43. The van der Waals surface area contributed by atoms with Crippen LogP contribution in [0.1, 0.15) is 49.8 Å². The van der Waals surface area contributed by atoms with Gasteiger partial charge in [0.15, 0.2) is 0 Å². The number of likely N-dealkylation sites (tertiary alicyclic amines) is 1. The quantitative estimate of drug-likeness (QED) is 0.323. The number of thioether (sulfide) groups is 1. The third kappa shape index (κ3) is 4.84. The number of benzene rings is 1. The largest absolute Gasteiger partial charge is 0.338 e. The first-order valence-corrected chi connectivity index (χ1v) is 13.7. The minimum Gasteiger partial charge on any atom is -0.338 e. The average Bonchev–Trinajstić information content (AvgIpc) is 3.36. The van der Waals surface area contributed by atoms with Gasteiger partial charge in [0, 0.05) is 42.1 Å². The van der Waals surface area contributed by atoms with Crippen LogP contribution in [0.15, 0.2) is 53.8 Å². The van der Waals surface area contributed by atoms with Crippen LogP contribution < -0.4 is 0 Å². The predicted molar refractivity (Wildman–Crippen MR) is 149 cm³/mol. The molecule has 4 heterocycles. The summed E-state index contributed by atoms with van der Waals surface area (Å²) in [5.74, 6) is 0.0546. The van der Waals surface area contributed by atoms with E-state index in [9.17, 15) is 9.59 Å². The smallest absolute Gasteiger partial charge is 0.266 e. The second-order valence-electron chi connectivity index (χ2n) is 9.44. The number of nitrogens with zero attached hydrogens (tertiary/aromatic N) is 4. The number of piperidine rings is 1. The molecule has 0 spiro atoms. The minimum atomic E-state index is -0.0976. The molecule has 2 amide bonds. The highest BCUT2D eigenvalue weighted by Crippen LogP contribution is 2.36. The number of hydrogen-bond acceptors (Lipinski definition) is 5. The molecule has 0 bridgehead atoms. The molecule has 0 unspecified atom stereocenters. The molecule has 0 radical (unpaired) electrons. The van der Waals surface area contributed by atoms with Crippen molar-refractivity contribution < 1.29 is 9.59 Å². The van der Waals surface area contributed by atoms with Crippen molar-refractivity contribution in [3.8, 4) is 0 Å². The molecule has 36 heavy (non-hydrogen) atoms. The fourth-order valence-corrected chi connectivity index (χ4v) is 6.39. The molecule has 186 valence electrons. The van der Waals surface area contributed by atoms with Crippen molar-refractivity contribution in [3.05, 3.63) is 70.5 Å². The molecule has 2 fully saturated rings. The maximum absolute atomic E-state index is 13.3. The van der Waals surface area contributed by atoms with E-state index < -0.39 is 0 Å². The zero-order valence-electron chi connectivity index (χ0n) is 20.6. The van der Waals surface area contributed by atoms with Gasteiger partial charge in [0.05, 0.1) is 17.0 Å². The number of aromatic nitrogens is 2. The third-order valence-electron chi connectivity index (χ3n) is 7.05. The lowest BCUT2D eigenvalue weighted by molar-refractivity contribution is -0.135. The van der Waals surface area contributed by atoms with Crippen LogP contribution in [-0.2, 0) is 29.1 Å². The van der Waals surface area contributed by atoms with Crippen molar-refractivity contribution in [2.24, 2.45) is 0 Å². The summed E-state index contributed by atoms with van der Waals surface area (Å²) in [7, 11) is 0. The van der Waals surface area contributed by atoms with Crippen LogP contribution in [0.4, 0.5) is 0 Å². The molecule has 2 aliphatic heterocycles. The maximum Gasteiger partial charge on any atom is 0.266 e. The Kier molecular flexibility index (Phi) is 7.25. The number of carbonyl (C=O) groups is 2. The van der Waals surface area contributed by atoms with Gasteiger partial charge in [0.2, 0.25) is 5.91 Å². The molecule has 5 rings (SSSR count). The van der Waals surface area contributed by atoms with Crippen molar-refractivity contribution in [3.63, 3.8) is 0 Å². The van der Waals surface area contributed by atoms with Gasteiger partial charge in [-0.15, -0.1) is 0 Å². The molecule has 8 heteroatoms. The predicted octanol–water partition coefficient (Wildman–Crippen LogP) is 5.40. The summed E-state index contributed by atoms with van der Waals surface area (Å²) in [6.45, 7) is 5.80. The first kappa shape index (κ1) is 24.7. The molecular formula is C28H30N4O2S2. The van der Waals surface area contributed by atoms with Crippen LogP contribution in [0.25, 0.3) is 17.0 Å². The lowest BCUT2D eigenvalue weighted by atomic mass is 10.0. The summed E-state index contributed by atoms with van der Waals surface area (Å²) in [5.41, 5.74) is 4.12. The van der Waals surface area contributed by atoms with Gasteiger partial charge in [-0.25, -0.2) is 0 Å². The van der Waals surface area contributed by atoms with Gasteiger partial charge in [-0.3, -0.25) is 19.5 Å². The number of rotatable bonds is 6. The molecule has 6 nitrogen and oxygen atoms in total. The van der Waals surface area contributed by atoms with Gasteiger partial charge in [0.25, 0.3) is 5.91 Å².